The fraction of sp³-hybridized carbons (Fsp3) is 0.469. The van der Waals surface area contributed by atoms with E-state index < -0.39 is 78.8 Å². The molecule has 0 saturated heterocycles. The Morgan fingerprint density at radius 1 is 0.463 bits per heavy atom. The smallest absolute Gasteiger partial charge is 0.348 e. The Morgan fingerprint density at radius 3 is 1.09 bits per heavy atom. The van der Waals surface area contributed by atoms with Crippen LogP contribution in [0.3, 0.4) is 0 Å². The van der Waals surface area contributed by atoms with Crippen LogP contribution < -0.4 is 41.7 Å². The summed E-state index contributed by atoms with van der Waals surface area (Å²) in [4.78, 5) is 96.7. The van der Waals surface area contributed by atoms with E-state index in [0.29, 0.717) is 56.4 Å². The Hall–Kier alpha value is -7.62. The zero-order chi connectivity index (χ0) is 57.1. The molecule has 6 aromatic rings. The summed E-state index contributed by atoms with van der Waals surface area (Å²) in [6.07, 6.45) is 3.58. The summed E-state index contributed by atoms with van der Waals surface area (Å²) in [6.45, 7) is 24.7. The summed E-state index contributed by atoms with van der Waals surface area (Å²) in [5.41, 5.74) is -5.07. The third kappa shape index (κ3) is 6.73. The van der Waals surface area contributed by atoms with E-state index in [1.807, 2.05) is 48.6 Å². The van der Waals surface area contributed by atoms with Crippen molar-refractivity contribution in [2.45, 2.75) is 167 Å². The molecule has 0 amide bonds. The van der Waals surface area contributed by atoms with Gasteiger partial charge < -0.3 is 18.9 Å². The summed E-state index contributed by atoms with van der Waals surface area (Å²) in [7, 11) is 3.15. The maximum atomic E-state index is 17.0. The van der Waals surface area contributed by atoms with Gasteiger partial charge in [-0.25, -0.2) is 47.0 Å². The normalized spacial score (nSPS) is 25.8. The number of ether oxygens (including phenoxy) is 4. The second-order valence-electron chi connectivity index (χ2n) is 27.8. The lowest BCUT2D eigenvalue weighted by Gasteiger charge is -2.56. The van der Waals surface area contributed by atoms with Crippen molar-refractivity contribution in [2.24, 2.45) is 10.8 Å². The highest BCUT2D eigenvalue weighted by Crippen LogP contribution is 2.63. The van der Waals surface area contributed by atoms with Gasteiger partial charge in [0, 0.05) is 25.7 Å². The van der Waals surface area contributed by atoms with Crippen molar-refractivity contribution in [3.63, 3.8) is 0 Å². The van der Waals surface area contributed by atoms with Gasteiger partial charge in [-0.15, -0.1) is 0 Å². The first-order valence-corrected chi connectivity index (χ1v) is 27.8. The van der Waals surface area contributed by atoms with Crippen LogP contribution in [0.4, 0.5) is 0 Å². The van der Waals surface area contributed by atoms with Gasteiger partial charge in [-0.2, -0.15) is 0 Å². The van der Waals surface area contributed by atoms with E-state index in [1.54, 1.807) is 38.5 Å². The molecule has 0 saturated carbocycles. The number of rotatable bonds is 6. The van der Waals surface area contributed by atoms with Gasteiger partial charge in [0.1, 0.15) is 35.1 Å². The zero-order valence-electron chi connectivity index (χ0n) is 48.2. The van der Waals surface area contributed by atoms with E-state index in [0.717, 1.165) is 22.3 Å². The van der Waals surface area contributed by atoms with E-state index in [4.69, 9.17) is 18.9 Å². The van der Waals surface area contributed by atoms with Crippen molar-refractivity contribution in [2.75, 3.05) is 14.2 Å². The van der Waals surface area contributed by atoms with Gasteiger partial charge in [0.15, 0.2) is 22.3 Å². The summed E-state index contributed by atoms with van der Waals surface area (Å²) >= 11 is 0. The van der Waals surface area contributed by atoms with E-state index in [-0.39, 0.29) is 50.3 Å². The summed E-state index contributed by atoms with van der Waals surface area (Å²) in [6, 6.07) is 20.3. The highest BCUT2D eigenvalue weighted by atomic mass is 16.5. The molecule has 80 heavy (non-hydrogen) atoms. The summed E-state index contributed by atoms with van der Waals surface area (Å²) in [5.74, 6) is 1.20. The first-order chi connectivity index (χ1) is 37.4. The number of benzene rings is 4. The average Bonchev–Trinajstić information content (AvgIpc) is 3.82. The molecule has 15 rings (SSSR count). The zero-order valence-corrected chi connectivity index (χ0v) is 48.2. The highest BCUT2D eigenvalue weighted by Gasteiger charge is 2.73. The van der Waals surface area contributed by atoms with Crippen LogP contribution in [0.2, 0.25) is 0 Å². The van der Waals surface area contributed by atoms with Crippen LogP contribution in [0, 0.1) is 10.8 Å². The number of aromatic nitrogens is 6. The van der Waals surface area contributed by atoms with Crippen LogP contribution >= 0.6 is 0 Å². The van der Waals surface area contributed by atoms with Crippen LogP contribution in [0.1, 0.15) is 140 Å². The average molecular weight is 1080 g/mol. The Morgan fingerprint density at radius 2 is 0.787 bits per heavy atom. The van der Waals surface area contributed by atoms with Gasteiger partial charge in [-0.05, 0) is 114 Å². The maximum absolute atomic E-state index is 17.0. The van der Waals surface area contributed by atoms with E-state index in [2.05, 4.69) is 95.2 Å². The van der Waals surface area contributed by atoms with Crippen molar-refractivity contribution in [1.29, 1.82) is 0 Å². The molecule has 2 aromatic heterocycles. The Bertz CT molecular complexity index is 3810. The molecule has 9 heterocycles. The molecule has 4 spiro atoms. The molecule has 0 fully saturated rings. The Kier molecular flexibility index (Phi) is 10.4. The largest absolute Gasteiger partial charge is 0.497 e. The molecule has 4 aromatic carbocycles. The molecular weight excluding hydrogens is 1010 g/mol. The molecular formula is C64H70N6O10. The SMILES string of the molecule is COc1ccc(Cn2c(=O)n3n(c2=O)C24C=C(C(C)(C)C)C3[C@]3(Cc5cc(C(C)(C)C)cc(c5O3)CC35C=C(C(C)(C)C)C(n6c(=O)n(Cc7ccc(OC)cc7)c(=O)n63)[C@@]3(Cc6cc(C(C)(C)C)cc(c6O3)C2)C5=O)C4=O)cc1. The predicted molar refractivity (Wildman–Crippen MR) is 301 cm³/mol. The second kappa shape index (κ2) is 16.1. The van der Waals surface area contributed by atoms with Crippen LogP contribution in [-0.4, -0.2) is 64.8 Å². The third-order valence-electron chi connectivity index (χ3n) is 18.5. The number of ketones is 2. The molecule has 6 atom stereocenters. The standard InChI is InChI=1S/C64H70N6O10/c1-57(2,3)41-23-37-27-61-31-45(59(7,8)9)50(68-54(74)65(55(75)69(61)68)33-35-15-19-43(77-13)20-16-35)64(51(61)71)30-40-26-42(58(4,5)6)24-38(48(40)80-64)28-62-32-46(60(10,11)12)49(63(52(62)72)29-39(25-41)47(37)79-63)67-53(73)66(56(76)70(62)67)34-36-17-21-44(78-14)22-18-36/h15-26,31-32,49-50H,27-30,33-34H2,1-14H3/t49?,50?,61?,62?,63-,64+. The molecule has 9 aliphatic rings. The number of hydrogen-bond donors (Lipinski definition) is 0. The van der Waals surface area contributed by atoms with Crippen LogP contribution in [-0.2, 0) is 70.3 Å². The topological polar surface area (TPSA) is 169 Å². The van der Waals surface area contributed by atoms with Crippen molar-refractivity contribution < 1.29 is 28.5 Å². The molecule has 416 valence electrons. The molecule has 7 aliphatic heterocycles. The minimum atomic E-state index is -1.88. The van der Waals surface area contributed by atoms with Gasteiger partial charge in [0.2, 0.25) is 11.6 Å². The monoisotopic (exact) mass is 1080 g/mol. The summed E-state index contributed by atoms with van der Waals surface area (Å²) < 4.78 is 34.3. The number of nitrogens with zero attached hydrogens (tertiary/aromatic N) is 6. The lowest BCUT2D eigenvalue weighted by molar-refractivity contribution is -0.156. The number of carbonyl (C=O) groups is 2. The van der Waals surface area contributed by atoms with Crippen LogP contribution in [0.5, 0.6) is 23.0 Å². The van der Waals surface area contributed by atoms with Crippen molar-refractivity contribution >= 4 is 11.6 Å². The summed E-state index contributed by atoms with van der Waals surface area (Å²) in [5, 5.41) is 0. The number of Topliss-reactive ketones (excluding diaryl/α,β-unsaturated/α-hetero) is 2. The van der Waals surface area contributed by atoms with Crippen LogP contribution in [0.15, 0.2) is 115 Å². The molecule has 16 heteroatoms. The van der Waals surface area contributed by atoms with E-state index >= 15 is 28.8 Å². The molecule has 0 radical (unpaired) electrons. The van der Waals surface area contributed by atoms with Gasteiger partial charge in [0.25, 0.3) is 0 Å². The number of hydrogen-bond acceptors (Lipinski definition) is 10. The van der Waals surface area contributed by atoms with Crippen molar-refractivity contribution in [1.82, 2.24) is 27.9 Å². The van der Waals surface area contributed by atoms with Crippen LogP contribution in [0.25, 0.3) is 0 Å². The number of allylic oxidation sites excluding steroid dienone is 2. The second-order valence-corrected chi connectivity index (χ2v) is 27.8. The van der Waals surface area contributed by atoms with E-state index in [9.17, 15) is 0 Å². The van der Waals surface area contributed by atoms with Gasteiger partial charge in [-0.3, -0.25) is 9.59 Å². The van der Waals surface area contributed by atoms with Gasteiger partial charge in [-0.1, -0.05) is 132 Å². The lowest BCUT2D eigenvalue weighted by atomic mass is 9.60. The van der Waals surface area contributed by atoms with Gasteiger partial charge in [0.05, 0.1) is 27.3 Å². The Balaban J connectivity index is 1.14. The fourth-order valence-electron chi connectivity index (χ4n) is 14.5. The number of methoxy groups -OCH3 is 2. The molecule has 0 N–H and O–H groups in total. The van der Waals surface area contributed by atoms with E-state index in [1.165, 1.54) is 27.9 Å². The lowest BCUT2D eigenvalue weighted by Crippen LogP contribution is -2.73. The maximum Gasteiger partial charge on any atom is 0.348 e. The molecule has 2 aliphatic carbocycles. The number of carbonyl (C=O) groups excluding carboxylic acids is 2. The first kappa shape index (κ1) is 51.8. The predicted octanol–water partition coefficient (Wildman–Crippen LogP) is 7.80. The quantitative estimate of drug-likeness (QED) is 0.150. The highest BCUT2D eigenvalue weighted by molar-refractivity contribution is 6.03. The first-order valence-electron chi connectivity index (χ1n) is 27.8. The van der Waals surface area contributed by atoms with Crippen molar-refractivity contribution in [3.8, 4) is 23.0 Å². The molecule has 16 nitrogen and oxygen atoms in total. The molecule has 8 bridgehead atoms. The minimum absolute atomic E-state index is 0.0256. The minimum Gasteiger partial charge on any atom is -0.497 e. The Labute approximate surface area is 463 Å². The third-order valence-corrected chi connectivity index (χ3v) is 18.5. The van der Waals surface area contributed by atoms with Gasteiger partial charge >= 0.3 is 22.8 Å². The molecule has 4 unspecified atom stereocenters. The fourth-order valence-corrected chi connectivity index (χ4v) is 14.5. The van der Waals surface area contributed by atoms with Crippen molar-refractivity contribution in [3.05, 3.63) is 183 Å².